The molecular weight excluding hydrogens is 356 g/mol. The van der Waals surface area contributed by atoms with Crippen molar-refractivity contribution >= 4 is 38.9 Å². The van der Waals surface area contributed by atoms with Crippen molar-refractivity contribution < 1.29 is 13.2 Å². The maximum absolute atomic E-state index is 12.5. The maximum Gasteiger partial charge on any atom is 0.253 e. The van der Waals surface area contributed by atoms with Gasteiger partial charge in [0, 0.05) is 4.88 Å². The molecule has 1 unspecified atom stereocenters. The van der Waals surface area contributed by atoms with Crippen molar-refractivity contribution in [1.82, 2.24) is 10.0 Å². The van der Waals surface area contributed by atoms with Crippen molar-refractivity contribution in [3.8, 4) is 0 Å². The van der Waals surface area contributed by atoms with Crippen LogP contribution in [0, 0.1) is 0 Å². The molecule has 23 heavy (non-hydrogen) atoms. The zero-order valence-electron chi connectivity index (χ0n) is 12.7. The number of carbonyl (C=O) groups is 1. The lowest BCUT2D eigenvalue weighted by molar-refractivity contribution is 0.0936. The lowest BCUT2D eigenvalue weighted by Gasteiger charge is -2.16. The van der Waals surface area contributed by atoms with Gasteiger partial charge in [0.05, 0.1) is 21.5 Å². The van der Waals surface area contributed by atoms with Crippen molar-refractivity contribution in [2.24, 2.45) is 0 Å². The number of sulfonamides is 1. The van der Waals surface area contributed by atoms with Gasteiger partial charge in [0.2, 0.25) is 10.0 Å². The second-order valence-corrected chi connectivity index (χ2v) is 8.07. The number of amides is 1. The molecule has 0 saturated carbocycles. The van der Waals surface area contributed by atoms with Crippen LogP contribution in [0.3, 0.4) is 0 Å². The first-order valence-corrected chi connectivity index (χ1v) is 9.70. The summed E-state index contributed by atoms with van der Waals surface area (Å²) in [4.78, 5) is 13.5. The van der Waals surface area contributed by atoms with Crippen molar-refractivity contribution in [1.29, 1.82) is 0 Å². The monoisotopic (exact) mass is 372 g/mol. The number of halogens is 1. The summed E-state index contributed by atoms with van der Waals surface area (Å²) in [6.07, 6.45) is 0.721. The van der Waals surface area contributed by atoms with Crippen LogP contribution in [0.4, 0.5) is 0 Å². The number of rotatable bonds is 6. The molecule has 0 spiro atoms. The van der Waals surface area contributed by atoms with E-state index in [0.29, 0.717) is 0 Å². The Hall–Kier alpha value is -1.41. The molecule has 2 aromatic rings. The zero-order valence-corrected chi connectivity index (χ0v) is 15.1. The van der Waals surface area contributed by atoms with E-state index in [2.05, 4.69) is 10.0 Å². The van der Waals surface area contributed by atoms with Crippen LogP contribution in [-0.4, -0.2) is 21.4 Å². The third kappa shape index (κ3) is 4.11. The van der Waals surface area contributed by atoms with Crippen LogP contribution in [0.15, 0.2) is 40.6 Å². The molecule has 1 amide bonds. The average molecular weight is 373 g/mol. The zero-order chi connectivity index (χ0) is 17.0. The van der Waals surface area contributed by atoms with E-state index < -0.39 is 15.9 Å². The van der Waals surface area contributed by atoms with Crippen LogP contribution in [0.1, 0.15) is 34.6 Å². The van der Waals surface area contributed by atoms with Crippen LogP contribution in [0.5, 0.6) is 0 Å². The van der Waals surface area contributed by atoms with Crippen LogP contribution < -0.4 is 10.0 Å². The number of hydrogen-bond donors (Lipinski definition) is 2. The molecule has 1 atom stereocenters. The van der Waals surface area contributed by atoms with Crippen molar-refractivity contribution in [2.45, 2.75) is 24.3 Å². The molecule has 0 aliphatic carbocycles. The number of benzene rings is 1. The fourth-order valence-corrected chi connectivity index (χ4v) is 3.88. The minimum Gasteiger partial charge on any atom is -0.344 e. The second-order valence-electron chi connectivity index (χ2n) is 4.80. The molecular formula is C15H17ClN2O3S2. The third-order valence-electron chi connectivity index (χ3n) is 3.36. The number of hydrogen-bond acceptors (Lipinski definition) is 4. The highest BCUT2D eigenvalue weighted by molar-refractivity contribution is 7.89. The normalized spacial score (nSPS) is 12.8. The summed E-state index contributed by atoms with van der Waals surface area (Å²) in [7, 11) is -2.32. The predicted molar refractivity (Wildman–Crippen MR) is 92.5 cm³/mol. The molecule has 5 nitrogen and oxygen atoms in total. The number of nitrogens with one attached hydrogen (secondary N) is 2. The van der Waals surface area contributed by atoms with Crippen LogP contribution in [-0.2, 0) is 10.0 Å². The van der Waals surface area contributed by atoms with Gasteiger partial charge >= 0.3 is 0 Å². The smallest absolute Gasteiger partial charge is 0.253 e. The van der Waals surface area contributed by atoms with Gasteiger partial charge in [0.15, 0.2) is 0 Å². The number of carbonyl (C=O) groups excluding carboxylic acids is 1. The first-order valence-electron chi connectivity index (χ1n) is 6.96. The lowest BCUT2D eigenvalue weighted by Crippen LogP contribution is -2.28. The highest BCUT2D eigenvalue weighted by Crippen LogP contribution is 2.24. The minimum absolute atomic E-state index is 0.00118. The topological polar surface area (TPSA) is 75.3 Å². The van der Waals surface area contributed by atoms with E-state index in [-0.39, 0.29) is 21.5 Å². The largest absolute Gasteiger partial charge is 0.344 e. The Morgan fingerprint density at radius 1 is 1.35 bits per heavy atom. The van der Waals surface area contributed by atoms with E-state index in [1.807, 2.05) is 24.4 Å². The van der Waals surface area contributed by atoms with Crippen molar-refractivity contribution in [3.05, 3.63) is 51.2 Å². The summed E-state index contributed by atoms with van der Waals surface area (Å²) in [6.45, 7) is 1.97. The minimum atomic E-state index is -3.63. The quantitative estimate of drug-likeness (QED) is 0.817. The molecule has 124 valence electrons. The highest BCUT2D eigenvalue weighted by atomic mass is 35.5. The summed E-state index contributed by atoms with van der Waals surface area (Å²) in [5, 5.41) is 5.04. The Morgan fingerprint density at radius 2 is 2.09 bits per heavy atom. The molecule has 0 fully saturated rings. The van der Waals surface area contributed by atoms with Gasteiger partial charge < -0.3 is 5.32 Å². The summed E-state index contributed by atoms with van der Waals surface area (Å²) in [6, 6.07) is 7.78. The van der Waals surface area contributed by atoms with E-state index in [1.54, 1.807) is 11.3 Å². The Balaban J connectivity index is 2.30. The van der Waals surface area contributed by atoms with Gasteiger partial charge in [-0.05, 0) is 43.1 Å². The molecule has 0 bridgehead atoms. The Bertz CT molecular complexity index is 789. The first-order chi connectivity index (χ1) is 10.9. The molecule has 2 N–H and O–H groups in total. The standard InChI is InChI=1S/C15H17ClN2O3S2/c1-3-13(14-5-4-8-22-14)18-15(19)11-9-10(6-7-12(11)16)23(20,21)17-2/h4-9,13,17H,3H2,1-2H3,(H,18,19). The van der Waals surface area contributed by atoms with Gasteiger partial charge in [-0.2, -0.15) is 0 Å². The van der Waals surface area contributed by atoms with Gasteiger partial charge in [-0.1, -0.05) is 24.6 Å². The van der Waals surface area contributed by atoms with Crippen LogP contribution in [0.25, 0.3) is 0 Å². The Labute approximate surface area is 144 Å². The molecule has 1 aromatic heterocycles. The van der Waals surface area contributed by atoms with Crippen LogP contribution >= 0.6 is 22.9 Å². The Kier molecular flexibility index (Phi) is 5.80. The molecule has 0 saturated heterocycles. The fraction of sp³-hybridized carbons (Fsp3) is 0.267. The van der Waals surface area contributed by atoms with E-state index in [9.17, 15) is 13.2 Å². The fourth-order valence-electron chi connectivity index (χ4n) is 2.06. The summed E-state index contributed by atoms with van der Waals surface area (Å²) in [5.74, 6) is -0.400. The van der Waals surface area contributed by atoms with Gasteiger partial charge in [-0.15, -0.1) is 11.3 Å². The number of thiophene rings is 1. The van der Waals surface area contributed by atoms with Crippen LogP contribution in [0.2, 0.25) is 5.02 Å². The van der Waals surface area contributed by atoms with Gasteiger partial charge in [0.1, 0.15) is 0 Å². The van der Waals surface area contributed by atoms with Gasteiger partial charge in [-0.25, -0.2) is 13.1 Å². The van der Waals surface area contributed by atoms with E-state index in [4.69, 9.17) is 11.6 Å². The van der Waals surface area contributed by atoms with Crippen molar-refractivity contribution in [3.63, 3.8) is 0 Å². The average Bonchev–Trinajstić information content (AvgIpc) is 3.06. The van der Waals surface area contributed by atoms with Gasteiger partial charge in [0.25, 0.3) is 5.91 Å². The Morgan fingerprint density at radius 3 is 2.65 bits per heavy atom. The summed E-state index contributed by atoms with van der Waals surface area (Å²) < 4.78 is 26.0. The van der Waals surface area contributed by atoms with E-state index in [0.717, 1.165) is 11.3 Å². The molecule has 1 heterocycles. The first kappa shape index (κ1) is 17.9. The molecule has 0 aliphatic rings. The highest BCUT2D eigenvalue weighted by Gasteiger charge is 2.20. The van der Waals surface area contributed by atoms with E-state index in [1.165, 1.54) is 25.2 Å². The SMILES string of the molecule is CCC(NC(=O)c1cc(S(=O)(=O)NC)ccc1Cl)c1cccs1. The van der Waals surface area contributed by atoms with E-state index >= 15 is 0 Å². The molecule has 2 rings (SSSR count). The second kappa shape index (κ2) is 7.44. The lowest BCUT2D eigenvalue weighted by atomic mass is 10.1. The maximum atomic E-state index is 12.5. The predicted octanol–water partition coefficient (Wildman–Crippen LogP) is 3.19. The van der Waals surface area contributed by atoms with Gasteiger partial charge in [-0.3, -0.25) is 4.79 Å². The molecule has 1 aromatic carbocycles. The summed E-state index contributed by atoms with van der Waals surface area (Å²) in [5.41, 5.74) is 0.137. The molecule has 8 heteroatoms. The molecule has 0 radical (unpaired) electrons. The third-order valence-corrected chi connectivity index (χ3v) is 6.09. The molecule has 0 aliphatic heterocycles. The van der Waals surface area contributed by atoms with Crippen molar-refractivity contribution in [2.75, 3.05) is 7.05 Å². The summed E-state index contributed by atoms with van der Waals surface area (Å²) >= 11 is 7.62.